The van der Waals surface area contributed by atoms with E-state index in [0.717, 1.165) is 0 Å². The average Bonchev–Trinajstić information content (AvgIpc) is 2.52. The highest BCUT2D eigenvalue weighted by Crippen LogP contribution is 2.24. The first-order valence-electron chi connectivity index (χ1n) is 6.75. The number of hydrogen-bond acceptors (Lipinski definition) is 2. The second-order valence-electron chi connectivity index (χ2n) is 4.95. The topological polar surface area (TPSA) is 66.4 Å². The van der Waals surface area contributed by atoms with Crippen molar-refractivity contribution in [3.63, 3.8) is 0 Å². The van der Waals surface area contributed by atoms with Gasteiger partial charge in [-0.25, -0.2) is 4.79 Å². The first kappa shape index (κ1) is 18.3. The number of nitrogens with one attached hydrogen (secondary N) is 1. The molecule has 0 atom stereocenters. The summed E-state index contributed by atoms with van der Waals surface area (Å²) in [6.45, 7) is 1.61. The third kappa shape index (κ3) is 4.51. The van der Waals surface area contributed by atoms with Gasteiger partial charge in [-0.05, 0) is 48.9 Å². The van der Waals surface area contributed by atoms with Crippen LogP contribution in [0.3, 0.4) is 0 Å². The number of rotatable bonds is 4. The van der Waals surface area contributed by atoms with Crippen LogP contribution in [0.5, 0.6) is 0 Å². The Labute approximate surface area is 153 Å². The summed E-state index contributed by atoms with van der Waals surface area (Å²) in [7, 11) is 0. The number of carbonyl (C=O) groups excluding carboxylic acids is 1. The quantitative estimate of drug-likeness (QED) is 0.695. The Hall–Kier alpha value is -2.01. The van der Waals surface area contributed by atoms with Crippen LogP contribution >= 0.6 is 34.8 Å². The first-order chi connectivity index (χ1) is 11.3. The molecule has 0 aromatic heterocycles. The summed E-state index contributed by atoms with van der Waals surface area (Å²) in [5, 5.41) is 12.8. The van der Waals surface area contributed by atoms with Gasteiger partial charge in [-0.3, -0.25) is 4.79 Å². The van der Waals surface area contributed by atoms with Gasteiger partial charge in [0.25, 0.3) is 5.91 Å². The lowest BCUT2D eigenvalue weighted by molar-refractivity contribution is -0.112. The van der Waals surface area contributed by atoms with Crippen LogP contribution in [0, 0.1) is 0 Å². The van der Waals surface area contributed by atoms with Crippen LogP contribution in [0.15, 0.2) is 42.0 Å². The van der Waals surface area contributed by atoms with Crippen LogP contribution in [-0.2, 0) is 4.79 Å². The van der Waals surface area contributed by atoms with E-state index in [9.17, 15) is 14.7 Å². The lowest BCUT2D eigenvalue weighted by Crippen LogP contribution is -2.15. The van der Waals surface area contributed by atoms with Crippen LogP contribution in [0.4, 0.5) is 5.69 Å². The van der Waals surface area contributed by atoms with Crippen LogP contribution in [0.25, 0.3) is 6.08 Å². The number of aromatic carboxylic acids is 1. The molecule has 0 fully saturated rings. The number of amides is 1. The summed E-state index contributed by atoms with van der Waals surface area (Å²) in [6, 6.07) is 9.19. The lowest BCUT2D eigenvalue weighted by Gasteiger charge is -2.09. The first-order valence-corrected chi connectivity index (χ1v) is 7.89. The predicted molar refractivity (Wildman–Crippen MR) is 97.2 cm³/mol. The Morgan fingerprint density at radius 3 is 2.38 bits per heavy atom. The van der Waals surface area contributed by atoms with Gasteiger partial charge in [0.1, 0.15) is 0 Å². The van der Waals surface area contributed by atoms with E-state index in [2.05, 4.69) is 5.32 Å². The molecule has 2 aromatic rings. The summed E-state index contributed by atoms with van der Waals surface area (Å²) < 4.78 is 0. The Kier molecular flexibility index (Phi) is 5.89. The van der Waals surface area contributed by atoms with Crippen molar-refractivity contribution in [1.82, 2.24) is 0 Å². The largest absolute Gasteiger partial charge is 0.478 e. The van der Waals surface area contributed by atoms with Crippen molar-refractivity contribution < 1.29 is 14.7 Å². The normalized spacial score (nSPS) is 11.2. The summed E-state index contributed by atoms with van der Waals surface area (Å²) >= 11 is 17.6. The van der Waals surface area contributed by atoms with Gasteiger partial charge in [-0.2, -0.15) is 0 Å². The summed E-state index contributed by atoms with van der Waals surface area (Å²) in [6.07, 6.45) is 1.62. The molecule has 24 heavy (non-hydrogen) atoms. The number of carbonyl (C=O) groups is 2. The Morgan fingerprint density at radius 2 is 1.75 bits per heavy atom. The Balaban J connectivity index is 2.24. The number of carboxylic acid groups (broad SMARTS) is 1. The van der Waals surface area contributed by atoms with Crippen molar-refractivity contribution in [1.29, 1.82) is 0 Å². The van der Waals surface area contributed by atoms with Crippen LogP contribution in [0.1, 0.15) is 22.8 Å². The Bertz CT molecular complexity index is 847. The van der Waals surface area contributed by atoms with E-state index in [1.165, 1.54) is 18.2 Å². The molecule has 0 aliphatic heterocycles. The number of benzene rings is 2. The third-order valence-electron chi connectivity index (χ3n) is 3.15. The molecule has 0 aliphatic carbocycles. The van der Waals surface area contributed by atoms with Crippen molar-refractivity contribution in [2.45, 2.75) is 6.92 Å². The van der Waals surface area contributed by atoms with Gasteiger partial charge >= 0.3 is 5.97 Å². The van der Waals surface area contributed by atoms with Crippen molar-refractivity contribution in [2.24, 2.45) is 0 Å². The van der Waals surface area contributed by atoms with E-state index in [1.54, 1.807) is 31.2 Å². The third-order valence-corrected chi connectivity index (χ3v) is 4.12. The van der Waals surface area contributed by atoms with Crippen molar-refractivity contribution in [2.75, 3.05) is 5.32 Å². The monoisotopic (exact) mass is 383 g/mol. The predicted octanol–water partition coefficient (Wildman–Crippen LogP) is 5.39. The Morgan fingerprint density at radius 1 is 1.04 bits per heavy atom. The fraction of sp³-hybridized carbons (Fsp3) is 0.0588. The van der Waals surface area contributed by atoms with Crippen LogP contribution in [0.2, 0.25) is 15.1 Å². The number of hydrogen-bond donors (Lipinski definition) is 2. The molecule has 0 saturated heterocycles. The average molecular weight is 385 g/mol. The summed E-state index contributed by atoms with van der Waals surface area (Å²) in [5.74, 6) is -1.62. The molecule has 0 saturated carbocycles. The minimum absolute atomic E-state index is 0.0850. The molecule has 0 bridgehead atoms. The zero-order valence-corrected chi connectivity index (χ0v) is 14.7. The fourth-order valence-corrected chi connectivity index (χ4v) is 2.42. The van der Waals surface area contributed by atoms with E-state index in [1.807, 2.05) is 0 Å². The lowest BCUT2D eigenvalue weighted by atomic mass is 10.1. The van der Waals surface area contributed by atoms with Gasteiger partial charge < -0.3 is 10.4 Å². The fourth-order valence-electron chi connectivity index (χ4n) is 1.94. The SMILES string of the molecule is C/C(=C\c1ccc(Cl)c(Cl)c1)C(=O)Nc1ccc(Cl)cc1C(=O)O. The molecule has 0 spiro atoms. The van der Waals surface area contributed by atoms with Gasteiger partial charge in [-0.15, -0.1) is 0 Å². The molecule has 124 valence electrons. The zero-order chi connectivity index (χ0) is 17.9. The highest BCUT2D eigenvalue weighted by atomic mass is 35.5. The molecule has 2 aromatic carbocycles. The van der Waals surface area contributed by atoms with E-state index in [-0.39, 0.29) is 16.3 Å². The molecule has 0 aliphatic rings. The van der Waals surface area contributed by atoms with Crippen molar-refractivity contribution in [3.8, 4) is 0 Å². The molecule has 7 heteroatoms. The maximum Gasteiger partial charge on any atom is 0.337 e. The van der Waals surface area contributed by atoms with Gasteiger partial charge in [0, 0.05) is 10.6 Å². The molecule has 0 radical (unpaired) electrons. The molecule has 0 unspecified atom stereocenters. The number of halogens is 3. The van der Waals surface area contributed by atoms with Crippen molar-refractivity contribution in [3.05, 3.63) is 68.2 Å². The van der Waals surface area contributed by atoms with Crippen LogP contribution < -0.4 is 5.32 Å². The maximum atomic E-state index is 12.3. The summed E-state index contributed by atoms with van der Waals surface area (Å²) in [4.78, 5) is 23.5. The van der Waals surface area contributed by atoms with Gasteiger partial charge in [0.05, 0.1) is 21.3 Å². The standard InChI is InChI=1S/C17H12Cl3NO3/c1-9(6-10-2-4-13(19)14(20)7-10)16(22)21-15-5-3-11(18)8-12(15)17(23)24/h2-8H,1H3,(H,21,22)(H,23,24)/b9-6+. The van der Waals surface area contributed by atoms with Gasteiger partial charge in [0.15, 0.2) is 0 Å². The molecule has 2 N–H and O–H groups in total. The molecule has 0 heterocycles. The molecular weight excluding hydrogens is 373 g/mol. The summed E-state index contributed by atoms with van der Waals surface area (Å²) in [5.41, 5.74) is 1.16. The second kappa shape index (κ2) is 7.71. The number of carboxylic acids is 1. The minimum Gasteiger partial charge on any atom is -0.478 e. The molecule has 4 nitrogen and oxygen atoms in total. The van der Waals surface area contributed by atoms with E-state index in [0.29, 0.717) is 21.2 Å². The van der Waals surface area contributed by atoms with Gasteiger partial charge in [-0.1, -0.05) is 40.9 Å². The van der Waals surface area contributed by atoms with E-state index >= 15 is 0 Å². The smallest absolute Gasteiger partial charge is 0.337 e. The van der Waals surface area contributed by atoms with Crippen molar-refractivity contribution >= 4 is 58.4 Å². The van der Waals surface area contributed by atoms with Gasteiger partial charge in [0.2, 0.25) is 0 Å². The highest BCUT2D eigenvalue weighted by molar-refractivity contribution is 6.42. The minimum atomic E-state index is -1.18. The molecular formula is C17H12Cl3NO3. The number of anilines is 1. The van der Waals surface area contributed by atoms with E-state index in [4.69, 9.17) is 34.8 Å². The molecule has 2 rings (SSSR count). The second-order valence-corrected chi connectivity index (χ2v) is 6.20. The van der Waals surface area contributed by atoms with E-state index < -0.39 is 11.9 Å². The highest BCUT2D eigenvalue weighted by Gasteiger charge is 2.14. The molecule has 1 amide bonds. The maximum absolute atomic E-state index is 12.3. The zero-order valence-electron chi connectivity index (χ0n) is 12.4. The van der Waals surface area contributed by atoms with Crippen LogP contribution in [-0.4, -0.2) is 17.0 Å².